The smallest absolute Gasteiger partial charge is 0.354 e. The fraction of sp³-hybridized carbons (Fsp3) is 0.375. The zero-order valence-corrected chi connectivity index (χ0v) is 13.4. The summed E-state index contributed by atoms with van der Waals surface area (Å²) in [5, 5.41) is 13.1. The summed E-state index contributed by atoms with van der Waals surface area (Å²) in [6.45, 7) is 3.31. The maximum Gasteiger partial charge on any atom is 0.354 e. The molecule has 0 aromatic carbocycles. The number of aryl methyl sites for hydroxylation is 1. The van der Waals surface area contributed by atoms with Crippen molar-refractivity contribution in [1.82, 2.24) is 24.6 Å². The molecule has 126 valence electrons. The number of aromatic carboxylic acids is 1. The van der Waals surface area contributed by atoms with Gasteiger partial charge in [-0.25, -0.2) is 4.79 Å². The molecule has 2 aromatic heterocycles. The lowest BCUT2D eigenvalue weighted by molar-refractivity contribution is 0.0604. The van der Waals surface area contributed by atoms with Crippen LogP contribution in [0.25, 0.3) is 0 Å². The number of amides is 1. The van der Waals surface area contributed by atoms with Gasteiger partial charge in [0.1, 0.15) is 0 Å². The molecule has 0 unspecified atom stereocenters. The molecule has 0 radical (unpaired) electrons. The van der Waals surface area contributed by atoms with Crippen molar-refractivity contribution in [1.29, 1.82) is 0 Å². The van der Waals surface area contributed by atoms with Crippen molar-refractivity contribution in [2.75, 3.05) is 26.2 Å². The summed E-state index contributed by atoms with van der Waals surface area (Å²) in [5.41, 5.74) is 1.07. The number of piperazine rings is 1. The summed E-state index contributed by atoms with van der Waals surface area (Å²) in [4.78, 5) is 32.1. The molecule has 1 N–H and O–H groups in total. The van der Waals surface area contributed by atoms with E-state index in [0.29, 0.717) is 13.1 Å². The minimum Gasteiger partial charge on any atom is -0.477 e. The van der Waals surface area contributed by atoms with E-state index in [0.717, 1.165) is 25.3 Å². The Kier molecular flexibility index (Phi) is 4.57. The highest BCUT2D eigenvalue weighted by atomic mass is 16.4. The van der Waals surface area contributed by atoms with Crippen LogP contribution in [0.15, 0.2) is 30.6 Å². The molecule has 3 rings (SSSR count). The van der Waals surface area contributed by atoms with Gasteiger partial charge in [0, 0.05) is 46.0 Å². The minimum atomic E-state index is -1.15. The van der Waals surface area contributed by atoms with Crippen LogP contribution in [0.3, 0.4) is 0 Å². The first kappa shape index (κ1) is 16.1. The van der Waals surface area contributed by atoms with Gasteiger partial charge in [0.15, 0.2) is 5.69 Å². The van der Waals surface area contributed by atoms with E-state index in [1.54, 1.807) is 11.1 Å². The van der Waals surface area contributed by atoms with Crippen LogP contribution < -0.4 is 0 Å². The van der Waals surface area contributed by atoms with Crippen molar-refractivity contribution in [3.8, 4) is 0 Å². The molecule has 1 aliphatic rings. The third-order valence-corrected chi connectivity index (χ3v) is 4.14. The normalized spacial score (nSPS) is 15.5. The second-order valence-electron chi connectivity index (χ2n) is 5.73. The summed E-state index contributed by atoms with van der Waals surface area (Å²) in [6, 6.07) is 5.82. The van der Waals surface area contributed by atoms with Crippen LogP contribution in [0.2, 0.25) is 0 Å². The standard InChI is InChI=1S/C16H19N5O3/c1-19-14(16(23)24)13(10-18-19)15(22)21-8-6-20(7-9-21)11-12-4-2-3-5-17-12/h2-5,10H,6-9,11H2,1H3,(H,23,24). The largest absolute Gasteiger partial charge is 0.477 e. The molecule has 0 spiro atoms. The summed E-state index contributed by atoms with van der Waals surface area (Å²) in [5.74, 6) is -1.43. The number of carboxylic acid groups (broad SMARTS) is 1. The molecule has 1 aliphatic heterocycles. The number of carbonyl (C=O) groups is 2. The van der Waals surface area contributed by atoms with Gasteiger partial charge in [0.25, 0.3) is 5.91 Å². The Morgan fingerprint density at radius 2 is 1.96 bits per heavy atom. The van der Waals surface area contributed by atoms with Gasteiger partial charge in [-0.1, -0.05) is 6.07 Å². The van der Waals surface area contributed by atoms with Crippen LogP contribution in [0.4, 0.5) is 0 Å². The summed E-state index contributed by atoms with van der Waals surface area (Å²) in [7, 11) is 1.52. The Hall–Kier alpha value is -2.74. The number of hydrogen-bond donors (Lipinski definition) is 1. The first-order valence-corrected chi connectivity index (χ1v) is 7.73. The molecule has 1 amide bonds. The average molecular weight is 329 g/mol. The predicted octanol–water partition coefficient (Wildman–Crippen LogP) is 0.471. The van der Waals surface area contributed by atoms with E-state index >= 15 is 0 Å². The zero-order valence-electron chi connectivity index (χ0n) is 13.4. The molecule has 0 bridgehead atoms. The highest BCUT2D eigenvalue weighted by molar-refractivity contribution is 6.03. The summed E-state index contributed by atoms with van der Waals surface area (Å²) in [6.07, 6.45) is 3.09. The van der Waals surface area contributed by atoms with E-state index in [1.807, 2.05) is 18.2 Å². The summed E-state index contributed by atoms with van der Waals surface area (Å²) < 4.78 is 1.22. The molecule has 2 aromatic rings. The Morgan fingerprint density at radius 3 is 2.58 bits per heavy atom. The third-order valence-electron chi connectivity index (χ3n) is 4.14. The minimum absolute atomic E-state index is 0.0732. The van der Waals surface area contributed by atoms with Gasteiger partial charge in [-0.15, -0.1) is 0 Å². The van der Waals surface area contributed by atoms with Crippen molar-refractivity contribution < 1.29 is 14.7 Å². The lowest BCUT2D eigenvalue weighted by atomic mass is 10.2. The second-order valence-corrected chi connectivity index (χ2v) is 5.73. The molecule has 0 saturated carbocycles. The number of rotatable bonds is 4. The van der Waals surface area contributed by atoms with Crippen molar-refractivity contribution in [3.05, 3.63) is 47.5 Å². The first-order valence-electron chi connectivity index (χ1n) is 7.73. The lowest BCUT2D eigenvalue weighted by Crippen LogP contribution is -2.48. The van der Waals surface area contributed by atoms with Gasteiger partial charge in [-0.3, -0.25) is 19.4 Å². The molecule has 1 fully saturated rings. The fourth-order valence-corrected chi connectivity index (χ4v) is 2.85. The van der Waals surface area contributed by atoms with Crippen LogP contribution >= 0.6 is 0 Å². The molecule has 0 atom stereocenters. The number of carboxylic acids is 1. The molecule has 1 saturated heterocycles. The maximum absolute atomic E-state index is 12.6. The molecule has 0 aliphatic carbocycles. The van der Waals surface area contributed by atoms with Gasteiger partial charge < -0.3 is 10.0 Å². The number of hydrogen-bond acceptors (Lipinski definition) is 5. The molecular weight excluding hydrogens is 310 g/mol. The Bertz CT molecular complexity index is 735. The van der Waals surface area contributed by atoms with Gasteiger partial charge in [-0.05, 0) is 12.1 Å². The van der Waals surface area contributed by atoms with E-state index in [9.17, 15) is 14.7 Å². The third kappa shape index (κ3) is 3.28. The van der Waals surface area contributed by atoms with Crippen LogP contribution in [0.5, 0.6) is 0 Å². The van der Waals surface area contributed by atoms with Gasteiger partial charge in [0.05, 0.1) is 17.5 Å². The number of aromatic nitrogens is 3. The predicted molar refractivity (Wildman–Crippen MR) is 85.6 cm³/mol. The topological polar surface area (TPSA) is 91.6 Å². The Balaban J connectivity index is 1.62. The van der Waals surface area contributed by atoms with Crippen molar-refractivity contribution in [2.45, 2.75) is 6.54 Å². The van der Waals surface area contributed by atoms with E-state index in [-0.39, 0.29) is 17.2 Å². The first-order chi connectivity index (χ1) is 11.6. The molecule has 3 heterocycles. The van der Waals surface area contributed by atoms with Crippen molar-refractivity contribution in [2.24, 2.45) is 7.05 Å². The quantitative estimate of drug-likeness (QED) is 0.877. The monoisotopic (exact) mass is 329 g/mol. The van der Waals surface area contributed by atoms with Gasteiger partial charge in [0.2, 0.25) is 0 Å². The molecule has 8 heteroatoms. The highest BCUT2D eigenvalue weighted by Crippen LogP contribution is 2.14. The lowest BCUT2D eigenvalue weighted by Gasteiger charge is -2.34. The number of pyridine rings is 1. The molecular formula is C16H19N5O3. The van der Waals surface area contributed by atoms with Crippen LogP contribution in [-0.4, -0.2) is 67.7 Å². The van der Waals surface area contributed by atoms with E-state index < -0.39 is 5.97 Å². The second kappa shape index (κ2) is 6.79. The van der Waals surface area contributed by atoms with Crippen molar-refractivity contribution >= 4 is 11.9 Å². The maximum atomic E-state index is 12.6. The number of nitrogens with zero attached hydrogens (tertiary/aromatic N) is 5. The summed E-state index contributed by atoms with van der Waals surface area (Å²) >= 11 is 0. The Morgan fingerprint density at radius 1 is 1.21 bits per heavy atom. The Labute approximate surface area is 139 Å². The van der Waals surface area contributed by atoms with E-state index in [4.69, 9.17) is 0 Å². The highest BCUT2D eigenvalue weighted by Gasteiger charge is 2.28. The van der Waals surface area contributed by atoms with Crippen LogP contribution in [0.1, 0.15) is 26.5 Å². The number of carbonyl (C=O) groups excluding carboxylic acids is 1. The van der Waals surface area contributed by atoms with Gasteiger partial charge in [-0.2, -0.15) is 5.10 Å². The van der Waals surface area contributed by atoms with Crippen LogP contribution in [-0.2, 0) is 13.6 Å². The fourth-order valence-electron chi connectivity index (χ4n) is 2.85. The molecule has 24 heavy (non-hydrogen) atoms. The van der Waals surface area contributed by atoms with E-state index in [1.165, 1.54) is 17.9 Å². The van der Waals surface area contributed by atoms with E-state index in [2.05, 4.69) is 15.0 Å². The average Bonchev–Trinajstić information content (AvgIpc) is 2.98. The SMILES string of the molecule is Cn1ncc(C(=O)N2CCN(Cc3ccccn3)CC2)c1C(=O)O. The zero-order chi connectivity index (χ0) is 17.1. The van der Waals surface area contributed by atoms with Crippen LogP contribution in [0, 0.1) is 0 Å². The molecule has 8 nitrogen and oxygen atoms in total. The van der Waals surface area contributed by atoms with Crippen molar-refractivity contribution in [3.63, 3.8) is 0 Å². The van der Waals surface area contributed by atoms with Gasteiger partial charge >= 0.3 is 5.97 Å².